The summed E-state index contributed by atoms with van der Waals surface area (Å²) in [5, 5.41) is 12.4. The summed E-state index contributed by atoms with van der Waals surface area (Å²) >= 11 is 0. The van der Waals surface area contributed by atoms with E-state index in [1.54, 1.807) is 0 Å². The van der Waals surface area contributed by atoms with Gasteiger partial charge in [0.2, 0.25) is 0 Å². The first-order valence-corrected chi connectivity index (χ1v) is 5.78. The molecule has 2 rings (SSSR count). The Morgan fingerprint density at radius 2 is 2.00 bits per heavy atom. The van der Waals surface area contributed by atoms with E-state index in [1.165, 1.54) is 0 Å². The molecule has 18 heavy (non-hydrogen) atoms. The van der Waals surface area contributed by atoms with E-state index >= 15 is 0 Å². The van der Waals surface area contributed by atoms with Crippen molar-refractivity contribution in [3.05, 3.63) is 59.2 Å². The minimum Gasteiger partial charge on any atom is -0.399 e. The zero-order valence-electron chi connectivity index (χ0n) is 10.3. The van der Waals surface area contributed by atoms with Crippen molar-refractivity contribution in [1.29, 1.82) is 5.26 Å². The lowest BCUT2D eigenvalue weighted by Crippen LogP contribution is -2.03. The number of benzene rings is 2. The molecule has 0 unspecified atom stereocenters. The zero-order chi connectivity index (χ0) is 13.0. The molecular formula is C15H15N3. The quantitative estimate of drug-likeness (QED) is 0.806. The van der Waals surface area contributed by atoms with Gasteiger partial charge in [0.25, 0.3) is 0 Å². The van der Waals surface area contributed by atoms with Gasteiger partial charge in [-0.25, -0.2) is 0 Å². The Morgan fingerprint density at radius 1 is 1.22 bits per heavy atom. The molecule has 90 valence electrons. The summed E-state index contributed by atoms with van der Waals surface area (Å²) in [6, 6.07) is 15.6. The van der Waals surface area contributed by atoms with Crippen LogP contribution in [-0.4, -0.2) is 0 Å². The Bertz CT molecular complexity index is 597. The van der Waals surface area contributed by atoms with Gasteiger partial charge in [0.05, 0.1) is 11.3 Å². The highest BCUT2D eigenvalue weighted by Gasteiger charge is 2.04. The van der Waals surface area contributed by atoms with E-state index in [1.807, 2.05) is 49.4 Å². The van der Waals surface area contributed by atoms with Crippen LogP contribution in [0, 0.1) is 18.3 Å². The van der Waals surface area contributed by atoms with E-state index in [-0.39, 0.29) is 0 Å². The van der Waals surface area contributed by atoms with Crippen LogP contribution in [0.25, 0.3) is 0 Å². The van der Waals surface area contributed by atoms with E-state index < -0.39 is 0 Å². The monoisotopic (exact) mass is 237 g/mol. The largest absolute Gasteiger partial charge is 0.399 e. The molecule has 2 aromatic carbocycles. The van der Waals surface area contributed by atoms with Crippen molar-refractivity contribution < 1.29 is 0 Å². The van der Waals surface area contributed by atoms with Gasteiger partial charge in [-0.3, -0.25) is 0 Å². The van der Waals surface area contributed by atoms with Crippen molar-refractivity contribution in [3.8, 4) is 6.07 Å². The molecule has 0 radical (unpaired) electrons. The molecule has 0 spiro atoms. The second kappa shape index (κ2) is 5.24. The molecule has 3 heteroatoms. The predicted octanol–water partition coefficient (Wildman–Crippen LogP) is 3.06. The topological polar surface area (TPSA) is 61.8 Å². The number of para-hydroxylation sites is 1. The van der Waals surface area contributed by atoms with Crippen LogP contribution >= 0.6 is 0 Å². The average Bonchev–Trinajstić information content (AvgIpc) is 2.37. The Balaban J connectivity index is 2.18. The van der Waals surface area contributed by atoms with Gasteiger partial charge in [0.1, 0.15) is 6.07 Å². The molecule has 0 fully saturated rings. The van der Waals surface area contributed by atoms with Crippen molar-refractivity contribution in [2.24, 2.45) is 0 Å². The molecule has 2 aromatic rings. The van der Waals surface area contributed by atoms with Crippen LogP contribution in [0.3, 0.4) is 0 Å². The SMILES string of the molecule is Cc1cccc(C#N)c1NCc1cccc(N)c1. The van der Waals surface area contributed by atoms with Gasteiger partial charge in [-0.2, -0.15) is 5.26 Å². The van der Waals surface area contributed by atoms with Crippen molar-refractivity contribution in [1.82, 2.24) is 0 Å². The maximum Gasteiger partial charge on any atom is 0.101 e. The molecule has 3 N–H and O–H groups in total. The molecule has 0 atom stereocenters. The molecule has 0 saturated carbocycles. The second-order valence-electron chi connectivity index (χ2n) is 4.21. The van der Waals surface area contributed by atoms with Crippen molar-refractivity contribution in [2.45, 2.75) is 13.5 Å². The van der Waals surface area contributed by atoms with Crippen LogP contribution < -0.4 is 11.1 Å². The van der Waals surface area contributed by atoms with Crippen LogP contribution in [0.2, 0.25) is 0 Å². The lowest BCUT2D eigenvalue weighted by molar-refractivity contribution is 1.14. The standard InChI is InChI=1S/C15H15N3/c1-11-4-2-6-13(9-16)15(11)18-10-12-5-3-7-14(17)8-12/h2-8,18H,10,17H2,1H3. The first-order valence-electron chi connectivity index (χ1n) is 5.78. The molecule has 0 aromatic heterocycles. The fourth-order valence-electron chi connectivity index (χ4n) is 1.89. The fraction of sp³-hybridized carbons (Fsp3) is 0.133. The van der Waals surface area contributed by atoms with Crippen LogP contribution in [-0.2, 0) is 6.54 Å². The third-order valence-corrected chi connectivity index (χ3v) is 2.81. The van der Waals surface area contributed by atoms with Crippen molar-refractivity contribution >= 4 is 11.4 Å². The summed E-state index contributed by atoms with van der Waals surface area (Å²) < 4.78 is 0. The maximum atomic E-state index is 9.07. The summed E-state index contributed by atoms with van der Waals surface area (Å²) in [4.78, 5) is 0. The number of nitrogen functional groups attached to an aromatic ring is 1. The van der Waals surface area contributed by atoms with Gasteiger partial charge in [0.15, 0.2) is 0 Å². The van der Waals surface area contributed by atoms with Crippen LogP contribution in [0.1, 0.15) is 16.7 Å². The van der Waals surface area contributed by atoms with Crippen LogP contribution in [0.4, 0.5) is 11.4 Å². The summed E-state index contributed by atoms with van der Waals surface area (Å²) in [6.45, 7) is 2.65. The normalized spacial score (nSPS) is 9.78. The maximum absolute atomic E-state index is 9.07. The number of hydrogen-bond donors (Lipinski definition) is 2. The number of rotatable bonds is 3. The summed E-state index contributed by atoms with van der Waals surface area (Å²) in [6.07, 6.45) is 0. The van der Waals surface area contributed by atoms with Gasteiger partial charge in [0, 0.05) is 12.2 Å². The van der Waals surface area contributed by atoms with E-state index in [0.29, 0.717) is 12.1 Å². The minimum atomic E-state index is 0.657. The average molecular weight is 237 g/mol. The molecule has 3 nitrogen and oxygen atoms in total. The number of aryl methyl sites for hydroxylation is 1. The van der Waals surface area contributed by atoms with E-state index in [9.17, 15) is 0 Å². The first kappa shape index (κ1) is 12.0. The molecule has 0 amide bonds. The number of nitriles is 1. The van der Waals surface area contributed by atoms with Gasteiger partial charge in [-0.15, -0.1) is 0 Å². The second-order valence-corrected chi connectivity index (χ2v) is 4.21. The molecular weight excluding hydrogens is 222 g/mol. The third-order valence-electron chi connectivity index (χ3n) is 2.81. The Morgan fingerprint density at radius 3 is 2.72 bits per heavy atom. The van der Waals surface area contributed by atoms with E-state index in [0.717, 1.165) is 22.5 Å². The summed E-state index contributed by atoms with van der Waals surface area (Å²) in [5.41, 5.74) is 10.2. The summed E-state index contributed by atoms with van der Waals surface area (Å²) in [7, 11) is 0. The number of nitrogens with two attached hydrogens (primary N) is 1. The number of anilines is 2. The van der Waals surface area contributed by atoms with Gasteiger partial charge < -0.3 is 11.1 Å². The Hall–Kier alpha value is -2.47. The Labute approximate surface area is 107 Å². The lowest BCUT2D eigenvalue weighted by Gasteiger charge is -2.11. The molecule has 0 aliphatic carbocycles. The predicted molar refractivity (Wildman–Crippen MR) is 74.1 cm³/mol. The Kier molecular flexibility index (Phi) is 3.49. The third kappa shape index (κ3) is 2.61. The van der Waals surface area contributed by atoms with Gasteiger partial charge >= 0.3 is 0 Å². The molecule has 0 aliphatic rings. The first-order chi connectivity index (χ1) is 8.70. The van der Waals surface area contributed by atoms with Crippen molar-refractivity contribution in [3.63, 3.8) is 0 Å². The van der Waals surface area contributed by atoms with E-state index in [4.69, 9.17) is 11.0 Å². The highest BCUT2D eigenvalue weighted by atomic mass is 14.9. The lowest BCUT2D eigenvalue weighted by atomic mass is 10.1. The highest BCUT2D eigenvalue weighted by molar-refractivity contribution is 5.62. The minimum absolute atomic E-state index is 0.657. The van der Waals surface area contributed by atoms with Crippen LogP contribution in [0.5, 0.6) is 0 Å². The van der Waals surface area contributed by atoms with Crippen LogP contribution in [0.15, 0.2) is 42.5 Å². The van der Waals surface area contributed by atoms with E-state index in [2.05, 4.69) is 11.4 Å². The van der Waals surface area contributed by atoms with Gasteiger partial charge in [-0.1, -0.05) is 24.3 Å². The summed E-state index contributed by atoms with van der Waals surface area (Å²) in [5.74, 6) is 0. The fourth-order valence-corrected chi connectivity index (χ4v) is 1.89. The molecule has 0 saturated heterocycles. The van der Waals surface area contributed by atoms with Crippen molar-refractivity contribution in [2.75, 3.05) is 11.1 Å². The number of nitrogens with one attached hydrogen (secondary N) is 1. The van der Waals surface area contributed by atoms with Gasteiger partial charge in [-0.05, 0) is 36.2 Å². The molecule has 0 aliphatic heterocycles. The molecule has 0 bridgehead atoms. The molecule has 0 heterocycles. The zero-order valence-corrected chi connectivity index (χ0v) is 10.3. The number of hydrogen-bond acceptors (Lipinski definition) is 3. The smallest absolute Gasteiger partial charge is 0.101 e. The highest BCUT2D eigenvalue weighted by Crippen LogP contribution is 2.20. The number of nitrogens with zero attached hydrogens (tertiary/aromatic N) is 1.